The largest absolute Gasteiger partial charge is 0.573 e. The number of methoxy groups -OCH3 is 2. The van der Waals surface area contributed by atoms with Crippen molar-refractivity contribution in [2.45, 2.75) is 26.4 Å². The first kappa shape index (κ1) is 31.5. The number of nitrogens with two attached hydrogens (primary N) is 1. The normalized spacial score (nSPS) is 11.1. The molecule has 0 radical (unpaired) electrons. The number of nitrogens with one attached hydrogen (secondary N) is 1. The van der Waals surface area contributed by atoms with Crippen LogP contribution < -0.4 is 30.0 Å². The van der Waals surface area contributed by atoms with Crippen molar-refractivity contribution in [1.29, 1.82) is 0 Å². The van der Waals surface area contributed by atoms with Gasteiger partial charge >= 0.3 is 12.5 Å². The highest BCUT2D eigenvalue weighted by Gasteiger charge is 2.37. The van der Waals surface area contributed by atoms with E-state index in [9.17, 15) is 31.1 Å². The lowest BCUT2D eigenvalue weighted by atomic mass is 10.1. The van der Waals surface area contributed by atoms with Gasteiger partial charge in [-0.05, 0) is 37.6 Å². The zero-order chi connectivity index (χ0) is 30.3. The van der Waals surface area contributed by atoms with Crippen LogP contribution >= 0.6 is 0 Å². The summed E-state index contributed by atoms with van der Waals surface area (Å²) < 4.78 is 97.6. The standard InChI is InChI=1S/C23H19F6N3O5.CH3NO/c1-11-10-30-12(2)7-14(11)31-20(33)19-17(9-18(22(24,25)26)32-21(19)35-4)36-15-6-5-13(8-16(15)34-3)37-23(27,28)29;2-1-3/h5-10H,1-4H3,(H,30,31,33);1H,(H2,2,3). The van der Waals surface area contributed by atoms with E-state index in [0.29, 0.717) is 23.0 Å². The van der Waals surface area contributed by atoms with Crippen LogP contribution in [0.1, 0.15) is 27.3 Å². The average molecular weight is 576 g/mol. The van der Waals surface area contributed by atoms with Crippen molar-refractivity contribution in [2.24, 2.45) is 5.73 Å². The molecule has 40 heavy (non-hydrogen) atoms. The Morgan fingerprint density at radius 2 is 1.62 bits per heavy atom. The highest BCUT2D eigenvalue weighted by Crippen LogP contribution is 2.41. The Bertz CT molecular complexity index is 1360. The molecule has 3 N–H and O–H groups in total. The Hall–Kier alpha value is -4.76. The molecule has 0 unspecified atom stereocenters. The van der Waals surface area contributed by atoms with Crippen molar-refractivity contribution >= 4 is 18.0 Å². The highest BCUT2D eigenvalue weighted by atomic mass is 19.4. The molecule has 2 heterocycles. The maximum absolute atomic E-state index is 13.5. The lowest BCUT2D eigenvalue weighted by Crippen LogP contribution is -2.18. The predicted octanol–water partition coefficient (Wildman–Crippen LogP) is 5.17. The molecule has 0 aliphatic carbocycles. The first-order valence-electron chi connectivity index (χ1n) is 10.8. The van der Waals surface area contributed by atoms with Crippen LogP contribution in [-0.2, 0) is 11.0 Å². The van der Waals surface area contributed by atoms with Crippen molar-refractivity contribution in [3.63, 3.8) is 0 Å². The van der Waals surface area contributed by atoms with Crippen molar-refractivity contribution in [2.75, 3.05) is 19.5 Å². The molecule has 0 aliphatic heterocycles. The Kier molecular flexibility index (Phi) is 10.1. The summed E-state index contributed by atoms with van der Waals surface area (Å²) in [5.74, 6) is -3.59. The van der Waals surface area contributed by atoms with E-state index in [2.05, 4.69) is 25.8 Å². The summed E-state index contributed by atoms with van der Waals surface area (Å²) in [6.45, 7) is 3.32. The maximum atomic E-state index is 13.5. The van der Waals surface area contributed by atoms with Crippen molar-refractivity contribution in [3.05, 3.63) is 59.0 Å². The third kappa shape index (κ3) is 8.37. The van der Waals surface area contributed by atoms with Crippen LogP contribution in [0, 0.1) is 13.8 Å². The Morgan fingerprint density at radius 3 is 2.17 bits per heavy atom. The molecule has 2 amide bonds. The fraction of sp³-hybridized carbons (Fsp3) is 0.250. The van der Waals surface area contributed by atoms with Gasteiger partial charge in [-0.25, -0.2) is 4.98 Å². The van der Waals surface area contributed by atoms with Gasteiger partial charge in [0.05, 0.1) is 14.2 Å². The number of carbonyl (C=O) groups excluding carboxylic acids is 2. The molecular formula is C24H22F6N4O6. The highest BCUT2D eigenvalue weighted by molar-refractivity contribution is 6.08. The lowest BCUT2D eigenvalue weighted by molar-refractivity contribution is -0.274. The SMILES string of the molecule is COc1cc(OC(F)(F)F)ccc1Oc1cc(C(F)(F)F)nc(OC)c1C(=O)Nc1cc(C)ncc1C.NC=O. The number of aryl methyl sites for hydroxylation is 2. The second-order valence-electron chi connectivity index (χ2n) is 7.58. The number of anilines is 1. The molecular weight excluding hydrogens is 554 g/mol. The molecule has 3 rings (SSSR count). The van der Waals surface area contributed by atoms with Gasteiger partial charge in [0.15, 0.2) is 17.2 Å². The fourth-order valence-electron chi connectivity index (χ4n) is 3.08. The van der Waals surface area contributed by atoms with Crippen molar-refractivity contribution in [1.82, 2.24) is 9.97 Å². The molecule has 0 bridgehead atoms. The summed E-state index contributed by atoms with van der Waals surface area (Å²) in [4.78, 5) is 29.3. The molecule has 16 heteroatoms. The molecule has 0 saturated carbocycles. The topological polar surface area (TPSA) is 135 Å². The predicted molar refractivity (Wildman–Crippen MR) is 127 cm³/mol. The Morgan fingerprint density at radius 1 is 0.975 bits per heavy atom. The third-order valence-electron chi connectivity index (χ3n) is 4.74. The summed E-state index contributed by atoms with van der Waals surface area (Å²) in [7, 11) is 2.10. The number of primary amides is 1. The zero-order valence-electron chi connectivity index (χ0n) is 21.2. The molecule has 2 aromatic heterocycles. The second kappa shape index (κ2) is 12.9. The van der Waals surface area contributed by atoms with Gasteiger partial charge < -0.3 is 30.0 Å². The average Bonchev–Trinajstić information content (AvgIpc) is 2.85. The van der Waals surface area contributed by atoms with Gasteiger partial charge in [-0.3, -0.25) is 14.6 Å². The summed E-state index contributed by atoms with van der Waals surface area (Å²) in [6, 6.07) is 4.64. The smallest absolute Gasteiger partial charge is 0.493 e. The van der Waals surface area contributed by atoms with Gasteiger partial charge in [0, 0.05) is 29.7 Å². The quantitative estimate of drug-likeness (QED) is 0.291. The number of hydrogen-bond acceptors (Lipinski definition) is 8. The van der Waals surface area contributed by atoms with Crippen molar-refractivity contribution in [3.8, 4) is 28.9 Å². The molecule has 3 aromatic rings. The van der Waals surface area contributed by atoms with Gasteiger partial charge in [0.1, 0.15) is 17.1 Å². The van der Waals surface area contributed by atoms with Crippen LogP contribution in [-0.4, -0.2) is 42.9 Å². The number of amides is 2. The van der Waals surface area contributed by atoms with Gasteiger partial charge in [0.2, 0.25) is 12.3 Å². The number of hydrogen-bond donors (Lipinski definition) is 2. The van der Waals surface area contributed by atoms with E-state index < -0.39 is 47.1 Å². The number of benzene rings is 1. The molecule has 0 spiro atoms. The minimum Gasteiger partial charge on any atom is -0.493 e. The van der Waals surface area contributed by atoms with Crippen LogP contribution in [0.15, 0.2) is 36.5 Å². The van der Waals surface area contributed by atoms with Crippen molar-refractivity contribution < 1.29 is 54.9 Å². The van der Waals surface area contributed by atoms with E-state index in [4.69, 9.17) is 19.0 Å². The van der Waals surface area contributed by atoms with E-state index in [1.807, 2.05) is 0 Å². The Labute approximate surface area is 223 Å². The fourth-order valence-corrected chi connectivity index (χ4v) is 3.08. The van der Waals surface area contributed by atoms with E-state index >= 15 is 0 Å². The molecule has 1 aromatic carbocycles. The first-order valence-corrected chi connectivity index (χ1v) is 10.8. The molecule has 0 aliphatic rings. The second-order valence-corrected chi connectivity index (χ2v) is 7.58. The maximum Gasteiger partial charge on any atom is 0.573 e. The third-order valence-corrected chi connectivity index (χ3v) is 4.74. The van der Waals surface area contributed by atoms with Crippen LogP contribution in [0.5, 0.6) is 28.9 Å². The zero-order valence-corrected chi connectivity index (χ0v) is 21.2. The number of alkyl halides is 6. The lowest BCUT2D eigenvalue weighted by Gasteiger charge is -2.18. The summed E-state index contributed by atoms with van der Waals surface area (Å²) in [6.07, 6.45) is -8.21. The molecule has 0 atom stereocenters. The summed E-state index contributed by atoms with van der Waals surface area (Å²) in [5.41, 5.74) is 3.64. The van der Waals surface area contributed by atoms with Crippen LogP contribution in [0.2, 0.25) is 0 Å². The van der Waals surface area contributed by atoms with Gasteiger partial charge in [-0.2, -0.15) is 13.2 Å². The number of rotatable bonds is 7. The number of ether oxygens (including phenoxy) is 4. The van der Waals surface area contributed by atoms with E-state index in [1.54, 1.807) is 19.9 Å². The van der Waals surface area contributed by atoms with Gasteiger partial charge in [0.25, 0.3) is 5.91 Å². The first-order chi connectivity index (χ1) is 18.6. The number of pyridine rings is 2. The monoisotopic (exact) mass is 576 g/mol. The Balaban J connectivity index is 0.00000178. The minimum atomic E-state index is -5.00. The van der Waals surface area contributed by atoms with E-state index in [-0.39, 0.29) is 17.9 Å². The molecule has 10 nitrogen and oxygen atoms in total. The number of carbonyl (C=O) groups is 2. The minimum absolute atomic E-state index is 0.250. The summed E-state index contributed by atoms with van der Waals surface area (Å²) in [5, 5.41) is 2.55. The van der Waals surface area contributed by atoms with E-state index in [0.717, 1.165) is 32.4 Å². The molecule has 0 fully saturated rings. The summed E-state index contributed by atoms with van der Waals surface area (Å²) >= 11 is 0. The molecule has 0 saturated heterocycles. The molecule has 216 valence electrons. The van der Waals surface area contributed by atoms with Crippen LogP contribution in [0.3, 0.4) is 0 Å². The van der Waals surface area contributed by atoms with Crippen LogP contribution in [0.25, 0.3) is 0 Å². The van der Waals surface area contributed by atoms with E-state index in [1.165, 1.54) is 6.20 Å². The number of aromatic nitrogens is 2. The number of nitrogens with zero attached hydrogens (tertiary/aromatic N) is 2. The van der Waals surface area contributed by atoms with Gasteiger partial charge in [-0.1, -0.05) is 0 Å². The van der Waals surface area contributed by atoms with Gasteiger partial charge in [-0.15, -0.1) is 13.2 Å². The van der Waals surface area contributed by atoms with Crippen LogP contribution in [0.4, 0.5) is 32.0 Å². The number of halogens is 6.